The first-order valence-corrected chi connectivity index (χ1v) is 7.39. The number of anilines is 1. The molecule has 2 aromatic rings. The number of thiophene rings is 1. The fraction of sp³-hybridized carbons (Fsp3) is 0.231. The van der Waals surface area contributed by atoms with E-state index in [-0.39, 0.29) is 5.37 Å². The predicted molar refractivity (Wildman–Crippen MR) is 72.7 cm³/mol. The zero-order valence-corrected chi connectivity index (χ0v) is 11.5. The largest absolute Gasteiger partial charge is 0.416 e. The minimum absolute atomic E-state index is 0.0125. The molecule has 1 nitrogen and oxygen atoms in total. The van der Waals surface area contributed by atoms with Gasteiger partial charge in [-0.05, 0) is 42.1 Å². The van der Waals surface area contributed by atoms with Crippen molar-refractivity contribution in [3.63, 3.8) is 0 Å². The molecule has 0 aliphatic carbocycles. The SMILES string of the molecule is Cc1ccsc1C1Nc2cc(C(F)(F)F)ccc2S1. The maximum Gasteiger partial charge on any atom is 0.416 e. The number of rotatable bonds is 1. The van der Waals surface area contributed by atoms with Gasteiger partial charge in [-0.1, -0.05) is 11.8 Å². The molecular formula is C13H10F3NS2. The Morgan fingerprint density at radius 2 is 2.00 bits per heavy atom. The second-order valence-corrected chi connectivity index (χ2v) is 6.41. The molecule has 19 heavy (non-hydrogen) atoms. The number of halogens is 3. The van der Waals surface area contributed by atoms with Gasteiger partial charge >= 0.3 is 6.18 Å². The Hall–Kier alpha value is -1.14. The van der Waals surface area contributed by atoms with E-state index in [4.69, 9.17) is 0 Å². The van der Waals surface area contributed by atoms with Crippen molar-refractivity contribution in [2.45, 2.75) is 23.4 Å². The summed E-state index contributed by atoms with van der Waals surface area (Å²) in [5.74, 6) is 0. The van der Waals surface area contributed by atoms with Crippen molar-refractivity contribution in [3.8, 4) is 0 Å². The lowest BCUT2D eigenvalue weighted by atomic mass is 10.2. The summed E-state index contributed by atoms with van der Waals surface area (Å²) < 4.78 is 38.0. The molecule has 6 heteroatoms. The lowest BCUT2D eigenvalue weighted by molar-refractivity contribution is -0.137. The third-order valence-corrected chi connectivity index (χ3v) is 5.41. The molecule has 0 saturated carbocycles. The third-order valence-electron chi connectivity index (χ3n) is 2.98. The molecular weight excluding hydrogens is 291 g/mol. The van der Waals surface area contributed by atoms with E-state index < -0.39 is 11.7 Å². The van der Waals surface area contributed by atoms with Gasteiger partial charge in [0.15, 0.2) is 0 Å². The van der Waals surface area contributed by atoms with E-state index in [9.17, 15) is 13.2 Å². The smallest absolute Gasteiger partial charge is 0.368 e. The van der Waals surface area contributed by atoms with E-state index in [0.717, 1.165) is 15.8 Å². The molecule has 1 aliphatic heterocycles. The summed E-state index contributed by atoms with van der Waals surface area (Å²) in [6, 6.07) is 5.88. The number of thioether (sulfide) groups is 1. The maximum absolute atomic E-state index is 12.7. The van der Waals surface area contributed by atoms with Crippen LogP contribution in [0.2, 0.25) is 0 Å². The predicted octanol–water partition coefficient (Wildman–Crippen LogP) is 5.29. The van der Waals surface area contributed by atoms with Gasteiger partial charge in [0.05, 0.1) is 5.56 Å². The van der Waals surface area contributed by atoms with Crippen LogP contribution in [0.25, 0.3) is 0 Å². The molecule has 3 rings (SSSR count). The van der Waals surface area contributed by atoms with Crippen LogP contribution in [-0.2, 0) is 6.18 Å². The molecule has 1 aliphatic rings. The quantitative estimate of drug-likeness (QED) is 0.768. The fourth-order valence-electron chi connectivity index (χ4n) is 1.99. The van der Waals surface area contributed by atoms with E-state index >= 15 is 0 Å². The van der Waals surface area contributed by atoms with Crippen molar-refractivity contribution in [1.29, 1.82) is 0 Å². The van der Waals surface area contributed by atoms with E-state index in [1.165, 1.54) is 11.6 Å². The van der Waals surface area contributed by atoms with Gasteiger partial charge in [0.2, 0.25) is 0 Å². The molecule has 0 amide bonds. The van der Waals surface area contributed by atoms with Crippen molar-refractivity contribution < 1.29 is 13.2 Å². The molecule has 1 aromatic carbocycles. The first-order chi connectivity index (χ1) is 8.95. The van der Waals surface area contributed by atoms with E-state index in [0.29, 0.717) is 5.69 Å². The fourth-order valence-corrected chi connectivity index (χ4v) is 4.28. The Morgan fingerprint density at radius 1 is 1.21 bits per heavy atom. The van der Waals surface area contributed by atoms with Crippen LogP contribution in [0.5, 0.6) is 0 Å². The van der Waals surface area contributed by atoms with Crippen molar-refractivity contribution in [2.75, 3.05) is 5.32 Å². The summed E-state index contributed by atoms with van der Waals surface area (Å²) in [4.78, 5) is 2.03. The van der Waals surface area contributed by atoms with Crippen LogP contribution in [0.1, 0.15) is 21.4 Å². The topological polar surface area (TPSA) is 12.0 Å². The summed E-state index contributed by atoms with van der Waals surface area (Å²) >= 11 is 3.18. The number of benzene rings is 1. The lowest BCUT2D eigenvalue weighted by Crippen LogP contribution is -2.05. The van der Waals surface area contributed by atoms with Crippen molar-refractivity contribution >= 4 is 28.8 Å². The Labute approximate surface area is 116 Å². The molecule has 0 fully saturated rings. The molecule has 100 valence electrons. The Bertz CT molecular complexity index is 619. The normalized spacial score (nSPS) is 18.2. The van der Waals surface area contributed by atoms with Crippen LogP contribution >= 0.6 is 23.1 Å². The number of alkyl halides is 3. The van der Waals surface area contributed by atoms with Gasteiger partial charge in [-0.15, -0.1) is 11.3 Å². The van der Waals surface area contributed by atoms with Crippen molar-refractivity contribution in [3.05, 3.63) is 45.6 Å². The van der Waals surface area contributed by atoms with Crippen molar-refractivity contribution in [2.24, 2.45) is 0 Å². The lowest BCUT2D eigenvalue weighted by Gasteiger charge is -2.10. The summed E-state index contributed by atoms with van der Waals surface area (Å²) in [6.45, 7) is 2.01. The molecule has 2 heterocycles. The van der Waals surface area contributed by atoms with Gasteiger partial charge in [-0.2, -0.15) is 13.2 Å². The third kappa shape index (κ3) is 2.34. The van der Waals surface area contributed by atoms with Crippen LogP contribution in [-0.4, -0.2) is 0 Å². The highest BCUT2D eigenvalue weighted by Crippen LogP contribution is 2.49. The molecule has 1 unspecified atom stereocenters. The highest BCUT2D eigenvalue weighted by molar-refractivity contribution is 8.00. The van der Waals surface area contributed by atoms with E-state index in [1.807, 2.05) is 18.4 Å². The van der Waals surface area contributed by atoms with Crippen LogP contribution in [0, 0.1) is 6.92 Å². The molecule has 1 atom stereocenters. The Morgan fingerprint density at radius 3 is 2.63 bits per heavy atom. The second kappa shape index (κ2) is 4.45. The van der Waals surface area contributed by atoms with Gasteiger partial charge in [0.25, 0.3) is 0 Å². The number of hydrogen-bond donors (Lipinski definition) is 1. The molecule has 1 N–H and O–H groups in total. The number of fused-ring (bicyclic) bond motifs is 1. The number of aryl methyl sites for hydroxylation is 1. The zero-order valence-electron chi connectivity index (χ0n) is 9.91. The first kappa shape index (κ1) is 12.9. The minimum atomic E-state index is -4.29. The van der Waals surface area contributed by atoms with Crippen LogP contribution in [0.3, 0.4) is 0 Å². The summed E-state index contributed by atoms with van der Waals surface area (Å²) in [7, 11) is 0. The summed E-state index contributed by atoms with van der Waals surface area (Å²) in [5.41, 5.74) is 1.12. The van der Waals surface area contributed by atoms with Crippen LogP contribution < -0.4 is 5.32 Å². The minimum Gasteiger partial charge on any atom is -0.368 e. The second-order valence-electron chi connectivity index (χ2n) is 4.32. The molecule has 0 spiro atoms. The molecule has 0 bridgehead atoms. The van der Waals surface area contributed by atoms with Crippen LogP contribution in [0.4, 0.5) is 18.9 Å². The monoisotopic (exact) mass is 301 g/mol. The molecule has 0 radical (unpaired) electrons. The van der Waals surface area contributed by atoms with E-state index in [1.54, 1.807) is 29.2 Å². The summed E-state index contributed by atoms with van der Waals surface area (Å²) in [5, 5.41) is 5.17. The van der Waals surface area contributed by atoms with Crippen molar-refractivity contribution in [1.82, 2.24) is 0 Å². The average Bonchev–Trinajstić information content (AvgIpc) is 2.91. The standard InChI is InChI=1S/C13H10F3NS2/c1-7-4-5-18-11(7)12-17-9-6-8(13(14,15)16)2-3-10(9)19-12/h2-6,12,17H,1H3. The highest BCUT2D eigenvalue weighted by atomic mass is 32.2. The van der Waals surface area contributed by atoms with Gasteiger partial charge in [-0.25, -0.2) is 0 Å². The number of hydrogen-bond acceptors (Lipinski definition) is 3. The molecule has 1 aromatic heterocycles. The van der Waals surface area contributed by atoms with Gasteiger partial charge in [-0.3, -0.25) is 0 Å². The van der Waals surface area contributed by atoms with Gasteiger partial charge in [0.1, 0.15) is 5.37 Å². The Kier molecular flexibility index (Phi) is 3.02. The maximum atomic E-state index is 12.7. The van der Waals surface area contributed by atoms with Crippen LogP contribution in [0.15, 0.2) is 34.5 Å². The number of nitrogens with one attached hydrogen (secondary N) is 1. The van der Waals surface area contributed by atoms with E-state index in [2.05, 4.69) is 5.32 Å². The average molecular weight is 301 g/mol. The highest BCUT2D eigenvalue weighted by Gasteiger charge is 2.33. The zero-order chi connectivity index (χ0) is 13.6. The Balaban J connectivity index is 1.91. The molecule has 0 saturated heterocycles. The summed E-state index contributed by atoms with van der Waals surface area (Å²) in [6.07, 6.45) is -4.29. The van der Waals surface area contributed by atoms with Gasteiger partial charge < -0.3 is 5.32 Å². The van der Waals surface area contributed by atoms with Gasteiger partial charge in [0, 0.05) is 15.5 Å². The first-order valence-electron chi connectivity index (χ1n) is 5.63.